The number of guanidine groups is 1. The summed E-state index contributed by atoms with van der Waals surface area (Å²) in [6.07, 6.45) is 4.62. The van der Waals surface area contributed by atoms with Crippen LogP contribution in [0.15, 0.2) is 4.99 Å². The fraction of sp³-hybridized carbons (Fsp3) is 0.889. The van der Waals surface area contributed by atoms with Crippen LogP contribution in [0.3, 0.4) is 0 Å². The van der Waals surface area contributed by atoms with E-state index in [-0.39, 0.29) is 5.91 Å². The van der Waals surface area contributed by atoms with Crippen LogP contribution in [0, 0.1) is 0 Å². The molecular formula is C18H36N4O2S. The second-order valence-electron chi connectivity index (χ2n) is 6.38. The fourth-order valence-corrected chi connectivity index (χ4v) is 4.61. The van der Waals surface area contributed by atoms with Crippen molar-refractivity contribution in [3.05, 3.63) is 0 Å². The van der Waals surface area contributed by atoms with E-state index in [0.717, 1.165) is 57.0 Å². The first-order valence-electron chi connectivity index (χ1n) is 9.75. The number of amides is 1. The smallest absolute Gasteiger partial charge is 0.224 e. The van der Waals surface area contributed by atoms with Gasteiger partial charge >= 0.3 is 0 Å². The first kappa shape index (κ1) is 21.9. The molecule has 3 atom stereocenters. The topological polar surface area (TPSA) is 73.8 Å². The van der Waals surface area contributed by atoms with Gasteiger partial charge in [-0.15, -0.1) is 0 Å². The molecule has 146 valence electrons. The Balaban J connectivity index is 2.55. The van der Waals surface area contributed by atoms with Crippen LogP contribution < -0.4 is 10.6 Å². The molecule has 0 aliphatic heterocycles. The number of carbonyl (C=O) groups excluding carboxylic acids is 1. The third-order valence-electron chi connectivity index (χ3n) is 4.68. The van der Waals surface area contributed by atoms with Crippen LogP contribution in [-0.4, -0.2) is 64.2 Å². The summed E-state index contributed by atoms with van der Waals surface area (Å²) < 4.78 is 12.1. The van der Waals surface area contributed by atoms with E-state index in [0.29, 0.717) is 24.3 Å². The van der Waals surface area contributed by atoms with Gasteiger partial charge in [0.2, 0.25) is 5.91 Å². The minimum absolute atomic E-state index is 0.153. The summed E-state index contributed by atoms with van der Waals surface area (Å²) in [5.41, 5.74) is 0. The average molecular weight is 373 g/mol. The average Bonchev–Trinajstić information content (AvgIpc) is 2.62. The van der Waals surface area contributed by atoms with Crippen molar-refractivity contribution in [1.29, 1.82) is 0 Å². The van der Waals surface area contributed by atoms with Gasteiger partial charge in [0.1, 0.15) is 0 Å². The van der Waals surface area contributed by atoms with Crippen molar-refractivity contribution in [3.8, 4) is 0 Å². The molecule has 6 nitrogen and oxygen atoms in total. The van der Waals surface area contributed by atoms with E-state index >= 15 is 0 Å². The second kappa shape index (κ2) is 12.3. The maximum absolute atomic E-state index is 12.1. The quantitative estimate of drug-likeness (QED) is 0.479. The Morgan fingerprint density at radius 2 is 1.92 bits per heavy atom. The lowest BCUT2D eigenvalue weighted by Crippen LogP contribution is -2.46. The summed E-state index contributed by atoms with van der Waals surface area (Å²) in [5, 5.41) is 7.03. The maximum Gasteiger partial charge on any atom is 0.224 e. The highest BCUT2D eigenvalue weighted by atomic mass is 32.2. The van der Waals surface area contributed by atoms with Crippen molar-refractivity contribution in [2.45, 2.75) is 71.1 Å². The molecular weight excluding hydrogens is 336 g/mol. The van der Waals surface area contributed by atoms with Gasteiger partial charge in [0.25, 0.3) is 0 Å². The van der Waals surface area contributed by atoms with Gasteiger partial charge in [0.05, 0.1) is 6.54 Å². The molecule has 1 rings (SSSR count). The second-order valence-corrected chi connectivity index (χ2v) is 8.38. The Morgan fingerprint density at radius 1 is 1.20 bits per heavy atom. The molecule has 7 heteroatoms. The maximum atomic E-state index is 12.1. The number of nitrogens with one attached hydrogen (secondary N) is 2. The summed E-state index contributed by atoms with van der Waals surface area (Å²) in [7, 11) is -0.722. The molecule has 25 heavy (non-hydrogen) atoms. The van der Waals surface area contributed by atoms with E-state index < -0.39 is 10.8 Å². The highest BCUT2D eigenvalue weighted by Crippen LogP contribution is 2.22. The molecule has 3 unspecified atom stereocenters. The van der Waals surface area contributed by atoms with Crippen molar-refractivity contribution in [2.75, 3.05) is 31.9 Å². The van der Waals surface area contributed by atoms with Gasteiger partial charge < -0.3 is 15.5 Å². The van der Waals surface area contributed by atoms with Crippen LogP contribution >= 0.6 is 0 Å². The normalized spacial score (nSPS) is 22.3. The molecule has 0 bridgehead atoms. The first-order valence-corrected chi connectivity index (χ1v) is 11.1. The predicted octanol–water partition coefficient (Wildman–Crippen LogP) is 1.88. The van der Waals surface area contributed by atoms with Gasteiger partial charge in [-0.3, -0.25) is 14.0 Å². The van der Waals surface area contributed by atoms with Crippen molar-refractivity contribution < 1.29 is 9.00 Å². The Labute approximate surface area is 155 Å². The van der Waals surface area contributed by atoms with E-state index in [2.05, 4.69) is 15.6 Å². The van der Waals surface area contributed by atoms with E-state index in [1.54, 1.807) is 0 Å². The molecule has 0 heterocycles. The number of carbonyl (C=O) groups is 1. The minimum Gasteiger partial charge on any atom is -0.357 e. The lowest BCUT2D eigenvalue weighted by Gasteiger charge is -2.30. The van der Waals surface area contributed by atoms with Crippen LogP contribution in [0.2, 0.25) is 0 Å². The van der Waals surface area contributed by atoms with Crippen molar-refractivity contribution in [1.82, 2.24) is 15.5 Å². The van der Waals surface area contributed by atoms with E-state index in [1.165, 1.54) is 0 Å². The summed E-state index contributed by atoms with van der Waals surface area (Å²) in [6, 6.07) is 0.311. The van der Waals surface area contributed by atoms with Gasteiger partial charge in [0.15, 0.2) is 5.96 Å². The van der Waals surface area contributed by atoms with E-state index in [1.807, 2.05) is 32.6 Å². The molecule has 0 spiro atoms. The van der Waals surface area contributed by atoms with Crippen LogP contribution in [0.25, 0.3) is 0 Å². The van der Waals surface area contributed by atoms with Gasteiger partial charge in [-0.05, 0) is 40.0 Å². The van der Waals surface area contributed by atoms with Crippen LogP contribution in [0.4, 0.5) is 0 Å². The van der Waals surface area contributed by atoms with Gasteiger partial charge in [-0.1, -0.05) is 13.3 Å². The zero-order valence-electron chi connectivity index (χ0n) is 16.3. The summed E-state index contributed by atoms with van der Waals surface area (Å²) in [6.45, 7) is 10.8. The SMILES string of the molecule is CCNC(=NCCC(=O)N(CC)CC)NC1CCCC(S(=O)CC)C1. The van der Waals surface area contributed by atoms with Crippen LogP contribution in [0.5, 0.6) is 0 Å². The number of hydrogen-bond donors (Lipinski definition) is 2. The summed E-state index contributed by atoms with van der Waals surface area (Å²) in [4.78, 5) is 18.5. The van der Waals surface area contributed by atoms with Crippen molar-refractivity contribution >= 4 is 22.7 Å². The largest absolute Gasteiger partial charge is 0.357 e. The van der Waals surface area contributed by atoms with Crippen LogP contribution in [0.1, 0.15) is 59.8 Å². The molecule has 0 saturated heterocycles. The zero-order chi connectivity index (χ0) is 18.7. The Hall–Kier alpha value is -1.11. The molecule has 1 amide bonds. The molecule has 1 aliphatic carbocycles. The molecule has 0 aromatic heterocycles. The molecule has 1 saturated carbocycles. The van der Waals surface area contributed by atoms with Crippen LogP contribution in [-0.2, 0) is 15.6 Å². The highest BCUT2D eigenvalue weighted by Gasteiger charge is 2.26. The highest BCUT2D eigenvalue weighted by molar-refractivity contribution is 7.85. The number of aliphatic imine (C=N–C) groups is 1. The summed E-state index contributed by atoms with van der Waals surface area (Å²) >= 11 is 0. The fourth-order valence-electron chi connectivity index (χ4n) is 3.26. The zero-order valence-corrected chi connectivity index (χ0v) is 17.2. The number of nitrogens with zero attached hydrogens (tertiary/aromatic N) is 2. The lowest BCUT2D eigenvalue weighted by atomic mass is 9.95. The number of hydrogen-bond acceptors (Lipinski definition) is 3. The predicted molar refractivity (Wildman–Crippen MR) is 106 cm³/mol. The Kier molecular flexibility index (Phi) is 10.8. The minimum atomic E-state index is -0.722. The van der Waals surface area contributed by atoms with Crippen molar-refractivity contribution in [3.63, 3.8) is 0 Å². The first-order chi connectivity index (χ1) is 12.0. The molecule has 0 aromatic carbocycles. The Morgan fingerprint density at radius 3 is 2.52 bits per heavy atom. The standard InChI is InChI=1S/C18H36N4O2S/c1-5-19-18(20-13-12-17(23)22(6-2)7-3)21-15-10-9-11-16(14-15)25(24)8-4/h15-16H,5-14H2,1-4H3,(H2,19,20,21). The monoisotopic (exact) mass is 372 g/mol. The molecule has 1 fully saturated rings. The van der Waals surface area contributed by atoms with Gasteiger partial charge in [0, 0.05) is 53.9 Å². The van der Waals surface area contributed by atoms with E-state index in [4.69, 9.17) is 0 Å². The molecule has 2 N–H and O–H groups in total. The third kappa shape index (κ3) is 7.75. The summed E-state index contributed by atoms with van der Waals surface area (Å²) in [5.74, 6) is 1.65. The molecule has 0 aromatic rings. The third-order valence-corrected chi connectivity index (χ3v) is 6.42. The molecule has 1 aliphatic rings. The van der Waals surface area contributed by atoms with Gasteiger partial charge in [-0.2, -0.15) is 0 Å². The Bertz CT molecular complexity index is 452. The van der Waals surface area contributed by atoms with Gasteiger partial charge in [-0.25, -0.2) is 0 Å². The number of rotatable bonds is 9. The molecule has 0 radical (unpaired) electrons. The van der Waals surface area contributed by atoms with E-state index in [9.17, 15) is 9.00 Å². The van der Waals surface area contributed by atoms with Crippen molar-refractivity contribution in [2.24, 2.45) is 4.99 Å². The lowest BCUT2D eigenvalue weighted by molar-refractivity contribution is -0.130.